The highest BCUT2D eigenvalue weighted by molar-refractivity contribution is 9.10. The minimum Gasteiger partial charge on any atom is -0.496 e. The van der Waals surface area contributed by atoms with Crippen LogP contribution in [0.3, 0.4) is 0 Å². The van der Waals surface area contributed by atoms with Gasteiger partial charge in [0.15, 0.2) is 5.78 Å². The second kappa shape index (κ2) is 6.02. The lowest BCUT2D eigenvalue weighted by atomic mass is 10.2. The van der Waals surface area contributed by atoms with E-state index in [2.05, 4.69) is 21.0 Å². The van der Waals surface area contributed by atoms with Crippen molar-refractivity contribution in [1.82, 2.24) is 9.78 Å². The largest absolute Gasteiger partial charge is 0.496 e. The van der Waals surface area contributed by atoms with E-state index in [0.29, 0.717) is 18.5 Å². The molecule has 0 aliphatic rings. The zero-order valence-corrected chi connectivity index (χ0v) is 12.5. The van der Waals surface area contributed by atoms with Crippen molar-refractivity contribution in [1.29, 1.82) is 0 Å². The summed E-state index contributed by atoms with van der Waals surface area (Å²) in [5.74, 6) is 0.910. The Balaban J connectivity index is 2.15. The van der Waals surface area contributed by atoms with Gasteiger partial charge >= 0.3 is 0 Å². The summed E-state index contributed by atoms with van der Waals surface area (Å²) in [4.78, 5) is 11.5. The smallest absolute Gasteiger partial charge is 0.165 e. The zero-order chi connectivity index (χ0) is 13.8. The quantitative estimate of drug-likeness (QED) is 0.793. The lowest BCUT2D eigenvalue weighted by Gasteiger charge is -2.06. The van der Waals surface area contributed by atoms with Crippen LogP contribution in [0.4, 0.5) is 0 Å². The van der Waals surface area contributed by atoms with Crippen molar-refractivity contribution in [3.63, 3.8) is 0 Å². The summed E-state index contributed by atoms with van der Waals surface area (Å²) in [7, 11) is 1.63. The number of carbonyl (C=O) groups excluding carboxylic acids is 1. The topological polar surface area (TPSA) is 44.1 Å². The lowest BCUT2D eigenvalue weighted by Crippen LogP contribution is -2.00. The zero-order valence-electron chi connectivity index (χ0n) is 10.9. The van der Waals surface area contributed by atoms with Crippen LogP contribution < -0.4 is 4.74 Å². The van der Waals surface area contributed by atoms with Crippen LogP contribution in [0.25, 0.3) is 0 Å². The van der Waals surface area contributed by atoms with Crippen LogP contribution in [-0.4, -0.2) is 22.7 Å². The van der Waals surface area contributed by atoms with E-state index in [-0.39, 0.29) is 5.78 Å². The van der Waals surface area contributed by atoms with E-state index in [1.165, 1.54) is 0 Å². The van der Waals surface area contributed by atoms with Gasteiger partial charge in [-0.2, -0.15) is 5.10 Å². The van der Waals surface area contributed by atoms with Crippen LogP contribution in [0, 0.1) is 0 Å². The Kier molecular flexibility index (Phi) is 4.37. The van der Waals surface area contributed by atoms with Crippen LogP contribution in [0.1, 0.15) is 29.3 Å². The summed E-state index contributed by atoms with van der Waals surface area (Å²) < 4.78 is 7.85. The predicted molar refractivity (Wildman–Crippen MR) is 76.6 cm³/mol. The molecule has 2 aromatic rings. The van der Waals surface area contributed by atoms with E-state index in [4.69, 9.17) is 4.74 Å². The Morgan fingerprint density at radius 1 is 1.47 bits per heavy atom. The molecule has 0 radical (unpaired) electrons. The molecule has 5 heteroatoms. The average Bonchev–Trinajstić information content (AvgIpc) is 2.86. The van der Waals surface area contributed by atoms with E-state index >= 15 is 0 Å². The third-order valence-electron chi connectivity index (χ3n) is 2.84. The van der Waals surface area contributed by atoms with Gasteiger partial charge in [0.25, 0.3) is 0 Å². The monoisotopic (exact) mass is 322 g/mol. The molecule has 0 bridgehead atoms. The number of Topliss-reactive ketones (excluding diaryl/α,β-unsaturated/α-hetero) is 1. The molecule has 0 aliphatic carbocycles. The number of nitrogens with zero attached hydrogens (tertiary/aromatic N) is 2. The van der Waals surface area contributed by atoms with E-state index in [9.17, 15) is 4.79 Å². The van der Waals surface area contributed by atoms with Gasteiger partial charge in [0, 0.05) is 12.6 Å². The summed E-state index contributed by atoms with van der Waals surface area (Å²) in [6.45, 7) is 2.47. The molecule has 1 heterocycles. The molecule has 1 aromatic carbocycles. The fourth-order valence-electron chi connectivity index (χ4n) is 1.79. The fourth-order valence-corrected chi connectivity index (χ4v) is 2.38. The van der Waals surface area contributed by atoms with Crippen LogP contribution >= 0.6 is 15.9 Å². The molecule has 0 unspecified atom stereocenters. The number of rotatable bonds is 5. The first-order chi connectivity index (χ1) is 9.13. The Morgan fingerprint density at radius 2 is 2.26 bits per heavy atom. The number of benzene rings is 1. The third-order valence-corrected chi connectivity index (χ3v) is 3.46. The number of hydrogen-bond acceptors (Lipinski definition) is 3. The number of ether oxygens (including phenoxy) is 1. The molecule has 19 heavy (non-hydrogen) atoms. The van der Waals surface area contributed by atoms with Gasteiger partial charge in [-0.05, 0) is 33.6 Å². The SMILES string of the molecule is CCC(=O)c1cnn(Cc2ccc(OC)c(Br)c2)c1. The predicted octanol–water partition coefficient (Wildman–Crippen LogP) is 3.30. The number of methoxy groups -OCH3 is 1. The maximum atomic E-state index is 11.5. The van der Waals surface area contributed by atoms with Crippen molar-refractivity contribution in [2.45, 2.75) is 19.9 Å². The minimum atomic E-state index is 0.113. The molecule has 0 N–H and O–H groups in total. The van der Waals surface area contributed by atoms with E-state index in [1.807, 2.05) is 25.1 Å². The van der Waals surface area contributed by atoms with Gasteiger partial charge in [0.05, 0.1) is 29.9 Å². The number of aromatic nitrogens is 2. The maximum absolute atomic E-state index is 11.5. The Hall–Kier alpha value is -1.62. The van der Waals surface area contributed by atoms with Gasteiger partial charge in [-0.3, -0.25) is 9.48 Å². The molecule has 0 saturated heterocycles. The normalized spacial score (nSPS) is 10.5. The molecular formula is C14H15BrN2O2. The summed E-state index contributed by atoms with van der Waals surface area (Å²) >= 11 is 3.45. The minimum absolute atomic E-state index is 0.113. The van der Waals surface area contributed by atoms with Gasteiger partial charge in [-0.1, -0.05) is 13.0 Å². The van der Waals surface area contributed by atoms with Crippen LogP contribution in [0.5, 0.6) is 5.75 Å². The van der Waals surface area contributed by atoms with Gasteiger partial charge in [-0.15, -0.1) is 0 Å². The van der Waals surface area contributed by atoms with E-state index in [1.54, 1.807) is 24.2 Å². The van der Waals surface area contributed by atoms with Crippen molar-refractivity contribution in [2.75, 3.05) is 7.11 Å². The maximum Gasteiger partial charge on any atom is 0.165 e. The second-order valence-corrected chi connectivity index (χ2v) is 5.03. The van der Waals surface area contributed by atoms with Crippen molar-refractivity contribution < 1.29 is 9.53 Å². The number of halogens is 1. The van der Waals surface area contributed by atoms with Gasteiger partial charge in [0.2, 0.25) is 0 Å². The first-order valence-corrected chi connectivity index (χ1v) is 6.81. The molecule has 0 atom stereocenters. The summed E-state index contributed by atoms with van der Waals surface area (Å²) in [5, 5.41) is 4.20. The van der Waals surface area contributed by atoms with E-state index < -0.39 is 0 Å². The molecule has 0 aliphatic heterocycles. The highest BCUT2D eigenvalue weighted by Crippen LogP contribution is 2.25. The molecular weight excluding hydrogens is 308 g/mol. The number of ketones is 1. The number of carbonyl (C=O) groups is 1. The van der Waals surface area contributed by atoms with Crippen molar-refractivity contribution in [3.05, 3.63) is 46.2 Å². The van der Waals surface area contributed by atoms with Gasteiger partial charge in [-0.25, -0.2) is 0 Å². The van der Waals surface area contributed by atoms with Crippen LogP contribution in [-0.2, 0) is 6.54 Å². The fraction of sp³-hybridized carbons (Fsp3) is 0.286. The molecule has 100 valence electrons. The summed E-state index contributed by atoms with van der Waals surface area (Å²) in [6.07, 6.45) is 3.90. The standard InChI is InChI=1S/C14H15BrN2O2/c1-3-13(18)11-7-16-17(9-11)8-10-4-5-14(19-2)12(15)6-10/h4-7,9H,3,8H2,1-2H3. The highest BCUT2D eigenvalue weighted by Gasteiger charge is 2.07. The first-order valence-electron chi connectivity index (χ1n) is 6.02. The first kappa shape index (κ1) is 13.8. The summed E-state index contributed by atoms with van der Waals surface area (Å²) in [6, 6.07) is 5.87. The molecule has 1 aromatic heterocycles. The molecule has 0 spiro atoms. The van der Waals surface area contributed by atoms with E-state index in [0.717, 1.165) is 15.8 Å². The average molecular weight is 323 g/mol. The third kappa shape index (κ3) is 3.23. The van der Waals surface area contributed by atoms with Gasteiger partial charge in [0.1, 0.15) is 5.75 Å². The van der Waals surface area contributed by atoms with Crippen LogP contribution in [0.2, 0.25) is 0 Å². The van der Waals surface area contributed by atoms with Crippen molar-refractivity contribution in [2.24, 2.45) is 0 Å². The lowest BCUT2D eigenvalue weighted by molar-refractivity contribution is 0.0988. The molecule has 4 nitrogen and oxygen atoms in total. The van der Waals surface area contributed by atoms with Gasteiger partial charge < -0.3 is 4.74 Å². The summed E-state index contributed by atoms with van der Waals surface area (Å²) in [5.41, 5.74) is 1.75. The Bertz CT molecular complexity index is 593. The molecule has 0 amide bonds. The van der Waals surface area contributed by atoms with Crippen molar-refractivity contribution >= 4 is 21.7 Å². The second-order valence-electron chi connectivity index (χ2n) is 4.17. The molecule has 0 saturated carbocycles. The Morgan fingerprint density at radius 3 is 2.89 bits per heavy atom. The van der Waals surface area contributed by atoms with Crippen LogP contribution in [0.15, 0.2) is 35.1 Å². The molecule has 2 rings (SSSR count). The Labute approximate surface area is 120 Å². The van der Waals surface area contributed by atoms with Crippen molar-refractivity contribution in [3.8, 4) is 5.75 Å². The number of hydrogen-bond donors (Lipinski definition) is 0. The highest BCUT2D eigenvalue weighted by atomic mass is 79.9. The molecule has 0 fully saturated rings.